The van der Waals surface area contributed by atoms with Crippen LogP contribution in [0.25, 0.3) is 16.9 Å². The molecule has 0 aliphatic heterocycles. The normalized spacial score (nSPS) is 11.2. The predicted molar refractivity (Wildman–Crippen MR) is 66.8 cm³/mol. The molecule has 0 N–H and O–H groups in total. The van der Waals surface area contributed by atoms with Gasteiger partial charge in [-0.15, -0.1) is 0 Å². The van der Waals surface area contributed by atoms with Crippen LogP contribution < -0.4 is 0 Å². The highest BCUT2D eigenvalue weighted by atomic mass is 15.3. The van der Waals surface area contributed by atoms with Gasteiger partial charge in [-0.1, -0.05) is 6.07 Å². The van der Waals surface area contributed by atoms with Crippen molar-refractivity contribution in [1.29, 1.82) is 0 Å². The lowest BCUT2D eigenvalue weighted by atomic mass is 10.3. The lowest BCUT2D eigenvalue weighted by Crippen LogP contribution is -1.91. The topological polar surface area (TPSA) is 35.1 Å². The van der Waals surface area contributed by atoms with Crippen molar-refractivity contribution >= 4 is 5.65 Å². The van der Waals surface area contributed by atoms with E-state index in [0.717, 1.165) is 23.4 Å². The molecule has 0 amide bonds. The van der Waals surface area contributed by atoms with Gasteiger partial charge in [-0.2, -0.15) is 5.10 Å². The fourth-order valence-electron chi connectivity index (χ4n) is 1.96. The summed E-state index contributed by atoms with van der Waals surface area (Å²) in [4.78, 5) is 4.64. The maximum Gasteiger partial charge on any atom is 0.140 e. The van der Waals surface area contributed by atoms with Gasteiger partial charge in [0.2, 0.25) is 0 Å². The fraction of sp³-hybridized carbons (Fsp3) is 0.231. The van der Waals surface area contributed by atoms with E-state index in [9.17, 15) is 0 Å². The lowest BCUT2D eigenvalue weighted by Gasteiger charge is -1.93. The maximum atomic E-state index is 4.64. The van der Waals surface area contributed by atoms with Gasteiger partial charge in [0.25, 0.3) is 0 Å². The Kier molecular flexibility index (Phi) is 2.21. The third kappa shape index (κ3) is 1.62. The van der Waals surface area contributed by atoms with Gasteiger partial charge < -0.3 is 4.40 Å². The third-order valence-electron chi connectivity index (χ3n) is 2.93. The standard InChI is InChI=1S/C13H14N4/c1-3-17-8-11(7-14-17)12-9-16-6-4-5-10(2)13(16)15-12/h4-9H,3H2,1-2H3. The minimum atomic E-state index is 0.881. The van der Waals surface area contributed by atoms with Crippen molar-refractivity contribution < 1.29 is 0 Å². The first-order chi connectivity index (χ1) is 8.28. The molecule has 3 aromatic heterocycles. The first-order valence-electron chi connectivity index (χ1n) is 5.75. The molecule has 3 aromatic rings. The smallest absolute Gasteiger partial charge is 0.140 e. The van der Waals surface area contributed by atoms with E-state index in [4.69, 9.17) is 0 Å². The Bertz CT molecular complexity index is 663. The summed E-state index contributed by atoms with van der Waals surface area (Å²) in [7, 11) is 0. The lowest BCUT2D eigenvalue weighted by molar-refractivity contribution is 0.660. The van der Waals surface area contributed by atoms with Crippen molar-refractivity contribution in [3.8, 4) is 11.3 Å². The van der Waals surface area contributed by atoms with Crippen LogP contribution in [0.1, 0.15) is 12.5 Å². The molecule has 3 heterocycles. The second-order valence-corrected chi connectivity index (χ2v) is 4.13. The molecule has 17 heavy (non-hydrogen) atoms. The van der Waals surface area contributed by atoms with Crippen LogP contribution in [0.2, 0.25) is 0 Å². The molecule has 0 spiro atoms. The molecule has 0 aliphatic rings. The molecule has 0 fully saturated rings. The van der Waals surface area contributed by atoms with E-state index in [1.54, 1.807) is 0 Å². The van der Waals surface area contributed by atoms with Gasteiger partial charge in [0.1, 0.15) is 5.65 Å². The third-order valence-corrected chi connectivity index (χ3v) is 2.93. The van der Waals surface area contributed by atoms with Crippen LogP contribution in [-0.4, -0.2) is 19.2 Å². The fourth-order valence-corrected chi connectivity index (χ4v) is 1.96. The van der Waals surface area contributed by atoms with E-state index < -0.39 is 0 Å². The van der Waals surface area contributed by atoms with E-state index in [1.807, 2.05) is 39.9 Å². The number of aromatic nitrogens is 4. The number of aryl methyl sites for hydroxylation is 2. The Labute approximate surface area is 99.5 Å². The molecule has 0 aromatic carbocycles. The molecule has 0 saturated carbocycles. The summed E-state index contributed by atoms with van der Waals surface area (Å²) in [6, 6.07) is 4.10. The molecular weight excluding hydrogens is 212 g/mol. The average molecular weight is 226 g/mol. The zero-order valence-corrected chi connectivity index (χ0v) is 9.96. The largest absolute Gasteiger partial charge is 0.306 e. The van der Waals surface area contributed by atoms with Crippen molar-refractivity contribution in [1.82, 2.24) is 19.2 Å². The summed E-state index contributed by atoms with van der Waals surface area (Å²) >= 11 is 0. The van der Waals surface area contributed by atoms with E-state index in [2.05, 4.69) is 30.0 Å². The number of fused-ring (bicyclic) bond motifs is 1. The zero-order chi connectivity index (χ0) is 11.8. The van der Waals surface area contributed by atoms with E-state index >= 15 is 0 Å². The van der Waals surface area contributed by atoms with Crippen molar-refractivity contribution in [3.63, 3.8) is 0 Å². The minimum Gasteiger partial charge on any atom is -0.306 e. The van der Waals surface area contributed by atoms with Crippen molar-refractivity contribution in [3.05, 3.63) is 42.5 Å². The molecule has 0 aliphatic carbocycles. The zero-order valence-electron chi connectivity index (χ0n) is 9.96. The van der Waals surface area contributed by atoms with Crippen LogP contribution in [0.4, 0.5) is 0 Å². The summed E-state index contributed by atoms with van der Waals surface area (Å²) in [5, 5.41) is 4.27. The summed E-state index contributed by atoms with van der Waals surface area (Å²) in [5.41, 5.74) is 4.22. The number of pyridine rings is 1. The first-order valence-corrected chi connectivity index (χ1v) is 5.75. The molecule has 3 rings (SSSR count). The molecule has 4 heteroatoms. The summed E-state index contributed by atoms with van der Waals surface area (Å²) in [6.07, 6.45) is 7.94. The second-order valence-electron chi connectivity index (χ2n) is 4.13. The van der Waals surface area contributed by atoms with Crippen LogP contribution in [0, 0.1) is 6.92 Å². The molecule has 0 atom stereocenters. The highest BCUT2D eigenvalue weighted by molar-refractivity contribution is 5.62. The van der Waals surface area contributed by atoms with Gasteiger partial charge in [0.05, 0.1) is 11.9 Å². The van der Waals surface area contributed by atoms with E-state index in [1.165, 1.54) is 5.56 Å². The number of nitrogens with zero attached hydrogens (tertiary/aromatic N) is 4. The second kappa shape index (κ2) is 3.73. The Hall–Kier alpha value is -2.10. The van der Waals surface area contributed by atoms with Gasteiger partial charge in [-0.3, -0.25) is 4.68 Å². The van der Waals surface area contributed by atoms with Crippen molar-refractivity contribution in [2.75, 3.05) is 0 Å². The van der Waals surface area contributed by atoms with Crippen LogP contribution in [0.5, 0.6) is 0 Å². The quantitative estimate of drug-likeness (QED) is 0.673. The molecule has 0 unspecified atom stereocenters. The molecule has 0 bridgehead atoms. The molecule has 4 nitrogen and oxygen atoms in total. The number of hydrogen-bond donors (Lipinski definition) is 0. The predicted octanol–water partition coefficient (Wildman–Crippen LogP) is 2.53. The highest BCUT2D eigenvalue weighted by Crippen LogP contribution is 2.19. The van der Waals surface area contributed by atoms with E-state index in [0.29, 0.717) is 0 Å². The first kappa shape index (κ1) is 10.1. The van der Waals surface area contributed by atoms with Crippen LogP contribution in [-0.2, 0) is 6.54 Å². The monoisotopic (exact) mass is 226 g/mol. The van der Waals surface area contributed by atoms with Gasteiger partial charge in [0.15, 0.2) is 0 Å². The Morgan fingerprint density at radius 1 is 1.29 bits per heavy atom. The van der Waals surface area contributed by atoms with Crippen molar-refractivity contribution in [2.24, 2.45) is 0 Å². The Morgan fingerprint density at radius 3 is 2.88 bits per heavy atom. The number of rotatable bonds is 2. The Balaban J connectivity index is 2.14. The van der Waals surface area contributed by atoms with Crippen LogP contribution >= 0.6 is 0 Å². The molecule has 86 valence electrons. The number of hydrogen-bond acceptors (Lipinski definition) is 2. The molecule has 0 radical (unpaired) electrons. The SMILES string of the molecule is CCn1cc(-c2cn3cccc(C)c3n2)cn1. The van der Waals surface area contributed by atoms with Gasteiger partial charge in [-0.05, 0) is 25.5 Å². The summed E-state index contributed by atoms with van der Waals surface area (Å²) in [6.45, 7) is 5.03. The summed E-state index contributed by atoms with van der Waals surface area (Å²) in [5.74, 6) is 0. The minimum absolute atomic E-state index is 0.881. The highest BCUT2D eigenvalue weighted by Gasteiger charge is 2.07. The number of imidazole rings is 1. The summed E-state index contributed by atoms with van der Waals surface area (Å²) < 4.78 is 3.96. The van der Waals surface area contributed by atoms with Crippen LogP contribution in [0.15, 0.2) is 36.9 Å². The Morgan fingerprint density at radius 2 is 2.18 bits per heavy atom. The van der Waals surface area contributed by atoms with Gasteiger partial charge >= 0.3 is 0 Å². The average Bonchev–Trinajstić information content (AvgIpc) is 2.95. The van der Waals surface area contributed by atoms with Gasteiger partial charge in [-0.25, -0.2) is 4.98 Å². The molecule has 0 saturated heterocycles. The van der Waals surface area contributed by atoms with Crippen LogP contribution in [0.3, 0.4) is 0 Å². The van der Waals surface area contributed by atoms with E-state index in [-0.39, 0.29) is 0 Å². The maximum absolute atomic E-state index is 4.64. The van der Waals surface area contributed by atoms with Crippen molar-refractivity contribution in [2.45, 2.75) is 20.4 Å². The van der Waals surface area contributed by atoms with Gasteiger partial charge in [0, 0.05) is 30.7 Å². The molecular formula is C13H14N4.